The summed E-state index contributed by atoms with van der Waals surface area (Å²) in [6.07, 6.45) is 0. The van der Waals surface area contributed by atoms with Crippen molar-refractivity contribution in [1.82, 2.24) is 9.66 Å². The number of aromatic nitrogens is 2. The molecule has 108 valence electrons. The minimum absolute atomic E-state index is 0.164. The molecule has 0 saturated carbocycles. The first-order valence-electron chi connectivity index (χ1n) is 6.54. The van der Waals surface area contributed by atoms with Gasteiger partial charge in [0.15, 0.2) is 5.82 Å². The minimum atomic E-state index is -0.164. The smallest absolute Gasteiger partial charge is 0.150 e. The summed E-state index contributed by atoms with van der Waals surface area (Å²) in [6.45, 7) is 8.16. The highest BCUT2D eigenvalue weighted by molar-refractivity contribution is 5.72. The number of benzene rings is 1. The molecule has 5 nitrogen and oxygen atoms in total. The van der Waals surface area contributed by atoms with Gasteiger partial charge >= 0.3 is 0 Å². The van der Waals surface area contributed by atoms with E-state index in [1.807, 2.05) is 25.1 Å². The number of nitrogens with two attached hydrogens (primary N) is 2. The van der Waals surface area contributed by atoms with Crippen LogP contribution in [0.3, 0.4) is 0 Å². The maximum absolute atomic E-state index is 6.10. The lowest BCUT2D eigenvalue weighted by atomic mass is 9.96. The molecule has 0 atom stereocenters. The number of nitrogens with zero attached hydrogens (tertiary/aromatic N) is 2. The third-order valence-electron chi connectivity index (χ3n) is 3.29. The van der Waals surface area contributed by atoms with Crippen LogP contribution in [0.25, 0.3) is 11.3 Å². The molecule has 0 fully saturated rings. The van der Waals surface area contributed by atoms with Gasteiger partial charge in [0.1, 0.15) is 17.3 Å². The Bertz CT molecular complexity index is 638. The highest BCUT2D eigenvalue weighted by Crippen LogP contribution is 2.32. The van der Waals surface area contributed by atoms with Crippen molar-refractivity contribution in [2.45, 2.75) is 33.1 Å². The van der Waals surface area contributed by atoms with Gasteiger partial charge in [-0.2, -0.15) is 0 Å². The molecule has 2 rings (SSSR count). The van der Waals surface area contributed by atoms with Crippen LogP contribution >= 0.6 is 0 Å². The topological polar surface area (TPSA) is 79.1 Å². The van der Waals surface area contributed by atoms with Gasteiger partial charge in [0.25, 0.3) is 0 Å². The van der Waals surface area contributed by atoms with Crippen LogP contribution in [0.2, 0.25) is 0 Å². The van der Waals surface area contributed by atoms with Crippen LogP contribution in [0.5, 0.6) is 5.75 Å². The van der Waals surface area contributed by atoms with Crippen molar-refractivity contribution in [2.75, 3.05) is 18.7 Å². The fourth-order valence-electron chi connectivity index (χ4n) is 2.21. The third-order valence-corrected chi connectivity index (χ3v) is 3.29. The van der Waals surface area contributed by atoms with Crippen molar-refractivity contribution in [3.05, 3.63) is 29.6 Å². The molecule has 0 saturated heterocycles. The number of hydrogen-bond acceptors (Lipinski definition) is 4. The molecule has 0 radical (unpaired) electrons. The van der Waals surface area contributed by atoms with Crippen LogP contribution in [-0.4, -0.2) is 16.8 Å². The Morgan fingerprint density at radius 3 is 2.35 bits per heavy atom. The van der Waals surface area contributed by atoms with Crippen LogP contribution in [0.15, 0.2) is 18.2 Å². The first-order chi connectivity index (χ1) is 9.25. The number of imidazole rings is 1. The van der Waals surface area contributed by atoms with Gasteiger partial charge in [-0.15, -0.1) is 0 Å². The maximum Gasteiger partial charge on any atom is 0.150 e. The monoisotopic (exact) mass is 274 g/mol. The SMILES string of the molecule is COc1ccc(-c2nc(C(C)(C)C)n(N)c2N)cc1C. The van der Waals surface area contributed by atoms with Crippen molar-refractivity contribution in [3.63, 3.8) is 0 Å². The van der Waals surface area contributed by atoms with Gasteiger partial charge in [0, 0.05) is 11.0 Å². The number of nitrogen functional groups attached to an aromatic ring is 2. The molecule has 0 spiro atoms. The van der Waals surface area contributed by atoms with E-state index in [0.717, 1.165) is 22.7 Å². The Balaban J connectivity index is 2.57. The van der Waals surface area contributed by atoms with Crippen LogP contribution in [0.1, 0.15) is 32.2 Å². The van der Waals surface area contributed by atoms with E-state index in [1.54, 1.807) is 7.11 Å². The molecule has 1 heterocycles. The van der Waals surface area contributed by atoms with Gasteiger partial charge in [-0.3, -0.25) is 0 Å². The second kappa shape index (κ2) is 4.74. The zero-order valence-corrected chi connectivity index (χ0v) is 12.7. The average Bonchev–Trinajstić information content (AvgIpc) is 2.66. The van der Waals surface area contributed by atoms with Gasteiger partial charge in [0.05, 0.1) is 7.11 Å². The van der Waals surface area contributed by atoms with Crippen LogP contribution in [0, 0.1) is 6.92 Å². The second-order valence-electron chi connectivity index (χ2n) is 5.97. The predicted octanol–water partition coefficient (Wildman–Crippen LogP) is 2.46. The molecule has 20 heavy (non-hydrogen) atoms. The van der Waals surface area contributed by atoms with E-state index in [2.05, 4.69) is 25.8 Å². The lowest BCUT2D eigenvalue weighted by Gasteiger charge is -2.17. The van der Waals surface area contributed by atoms with E-state index in [-0.39, 0.29) is 5.41 Å². The van der Waals surface area contributed by atoms with Crippen LogP contribution < -0.4 is 16.3 Å². The number of ether oxygens (including phenoxy) is 1. The number of rotatable bonds is 2. The average molecular weight is 274 g/mol. The first kappa shape index (κ1) is 14.2. The first-order valence-corrected chi connectivity index (χ1v) is 6.54. The molecule has 0 amide bonds. The van der Waals surface area contributed by atoms with Crippen molar-refractivity contribution >= 4 is 5.82 Å². The van der Waals surface area contributed by atoms with E-state index in [1.165, 1.54) is 4.68 Å². The summed E-state index contributed by atoms with van der Waals surface area (Å²) >= 11 is 0. The third kappa shape index (κ3) is 2.31. The van der Waals surface area contributed by atoms with E-state index in [0.29, 0.717) is 11.5 Å². The molecular formula is C15H22N4O. The Labute approximate surface area is 119 Å². The molecule has 1 aromatic carbocycles. The van der Waals surface area contributed by atoms with E-state index in [9.17, 15) is 0 Å². The molecular weight excluding hydrogens is 252 g/mol. The molecule has 0 aliphatic heterocycles. The van der Waals surface area contributed by atoms with Crippen molar-refractivity contribution < 1.29 is 4.74 Å². The summed E-state index contributed by atoms with van der Waals surface area (Å²) in [5.74, 6) is 8.10. The Kier molecular flexibility index (Phi) is 3.38. The Hall–Kier alpha value is -2.17. The molecule has 5 heteroatoms. The quantitative estimate of drug-likeness (QED) is 0.824. The number of aryl methyl sites for hydroxylation is 1. The number of hydrogen-bond donors (Lipinski definition) is 2. The Morgan fingerprint density at radius 1 is 1.25 bits per heavy atom. The molecule has 2 aromatic rings. The Morgan fingerprint density at radius 2 is 1.90 bits per heavy atom. The number of anilines is 1. The van der Waals surface area contributed by atoms with E-state index < -0.39 is 0 Å². The van der Waals surface area contributed by atoms with Gasteiger partial charge in [-0.1, -0.05) is 20.8 Å². The summed E-state index contributed by atoms with van der Waals surface area (Å²) in [5.41, 5.74) is 8.62. The minimum Gasteiger partial charge on any atom is -0.496 e. The zero-order chi connectivity index (χ0) is 15.1. The van der Waals surface area contributed by atoms with Crippen molar-refractivity contribution in [3.8, 4) is 17.0 Å². The van der Waals surface area contributed by atoms with Crippen LogP contribution in [-0.2, 0) is 5.41 Å². The lowest BCUT2D eigenvalue weighted by Crippen LogP contribution is -2.24. The summed E-state index contributed by atoms with van der Waals surface area (Å²) in [4.78, 5) is 4.62. The van der Waals surface area contributed by atoms with Gasteiger partial charge in [0.2, 0.25) is 0 Å². The standard InChI is InChI=1S/C15H22N4O/c1-9-8-10(6-7-11(9)20-5)12-13(16)19(17)14(18-12)15(2,3)4/h6-8H,16-17H2,1-5H3. The second-order valence-corrected chi connectivity index (χ2v) is 5.97. The largest absolute Gasteiger partial charge is 0.496 e. The molecule has 0 bridgehead atoms. The summed E-state index contributed by atoms with van der Waals surface area (Å²) in [7, 11) is 1.66. The van der Waals surface area contributed by atoms with Crippen molar-refractivity contribution in [2.24, 2.45) is 0 Å². The fraction of sp³-hybridized carbons (Fsp3) is 0.400. The number of methoxy groups -OCH3 is 1. The maximum atomic E-state index is 6.10. The van der Waals surface area contributed by atoms with E-state index in [4.69, 9.17) is 16.3 Å². The van der Waals surface area contributed by atoms with Gasteiger partial charge in [-0.25, -0.2) is 9.66 Å². The molecule has 0 aliphatic rings. The normalized spacial score (nSPS) is 11.7. The molecule has 0 aliphatic carbocycles. The van der Waals surface area contributed by atoms with Crippen molar-refractivity contribution in [1.29, 1.82) is 0 Å². The predicted molar refractivity (Wildman–Crippen MR) is 82.2 cm³/mol. The summed E-state index contributed by atoms with van der Waals surface area (Å²) < 4.78 is 6.73. The molecule has 1 aromatic heterocycles. The highest BCUT2D eigenvalue weighted by Gasteiger charge is 2.24. The van der Waals surface area contributed by atoms with E-state index >= 15 is 0 Å². The van der Waals surface area contributed by atoms with Gasteiger partial charge < -0.3 is 16.3 Å². The fourth-order valence-corrected chi connectivity index (χ4v) is 2.21. The highest BCUT2D eigenvalue weighted by atomic mass is 16.5. The molecule has 4 N–H and O–H groups in total. The lowest BCUT2D eigenvalue weighted by molar-refractivity contribution is 0.412. The summed E-state index contributed by atoms with van der Waals surface area (Å²) in [5, 5.41) is 0. The zero-order valence-electron chi connectivity index (χ0n) is 12.7. The van der Waals surface area contributed by atoms with Gasteiger partial charge in [-0.05, 0) is 30.7 Å². The summed E-state index contributed by atoms with van der Waals surface area (Å²) in [6, 6.07) is 5.86. The van der Waals surface area contributed by atoms with Crippen LogP contribution in [0.4, 0.5) is 5.82 Å². The molecule has 0 unspecified atom stereocenters.